The molecule has 0 N–H and O–H groups in total. The van der Waals surface area contributed by atoms with Crippen LogP contribution >= 0.6 is 22.6 Å². The Labute approximate surface area is 103 Å². The Balaban J connectivity index is 2.28. The van der Waals surface area contributed by atoms with Crippen LogP contribution in [0.15, 0.2) is 28.7 Å². The summed E-state index contributed by atoms with van der Waals surface area (Å²) in [5.74, 6) is 0.324. The van der Waals surface area contributed by atoms with Crippen LogP contribution in [-0.2, 0) is 0 Å². The van der Waals surface area contributed by atoms with Crippen molar-refractivity contribution >= 4 is 22.6 Å². The minimum atomic E-state index is -2.85. The molecule has 1 heterocycles. The molecule has 0 bridgehead atoms. The molecule has 0 aliphatic rings. The van der Waals surface area contributed by atoms with Crippen molar-refractivity contribution in [3.63, 3.8) is 0 Å². The van der Waals surface area contributed by atoms with Gasteiger partial charge in [-0.3, -0.25) is 0 Å². The van der Waals surface area contributed by atoms with Gasteiger partial charge in [-0.05, 0) is 18.2 Å². The van der Waals surface area contributed by atoms with Crippen LogP contribution in [0.2, 0.25) is 0 Å². The lowest BCUT2D eigenvalue weighted by Crippen LogP contribution is -2.01. The van der Waals surface area contributed by atoms with E-state index in [2.05, 4.69) is 14.9 Å². The fourth-order valence-electron chi connectivity index (χ4n) is 1.13. The van der Waals surface area contributed by atoms with E-state index in [0.29, 0.717) is 9.46 Å². The molecular formula is C9H5F2IN2O2. The quantitative estimate of drug-likeness (QED) is 0.808. The van der Waals surface area contributed by atoms with Crippen LogP contribution in [0.4, 0.5) is 8.78 Å². The highest BCUT2D eigenvalue weighted by atomic mass is 127. The van der Waals surface area contributed by atoms with E-state index >= 15 is 0 Å². The molecule has 0 spiro atoms. The number of rotatable bonds is 3. The van der Waals surface area contributed by atoms with Gasteiger partial charge in [0, 0.05) is 28.2 Å². The van der Waals surface area contributed by atoms with E-state index in [-0.39, 0.29) is 11.6 Å². The van der Waals surface area contributed by atoms with Crippen molar-refractivity contribution in [1.29, 1.82) is 0 Å². The third-order valence-corrected chi connectivity index (χ3v) is 2.14. The average Bonchev–Trinajstić information content (AvgIpc) is 2.64. The number of aromatic nitrogens is 2. The van der Waals surface area contributed by atoms with Gasteiger partial charge in [0.1, 0.15) is 5.75 Å². The van der Waals surface area contributed by atoms with E-state index in [9.17, 15) is 8.78 Å². The molecule has 0 saturated heterocycles. The summed E-state index contributed by atoms with van der Waals surface area (Å²) in [6.45, 7) is -2.85. The van der Waals surface area contributed by atoms with Crippen molar-refractivity contribution in [3.05, 3.63) is 28.2 Å². The highest BCUT2D eigenvalue weighted by molar-refractivity contribution is 14.1. The summed E-state index contributed by atoms with van der Waals surface area (Å²) in [5.41, 5.74) is 0.536. The van der Waals surface area contributed by atoms with Gasteiger partial charge in [-0.25, -0.2) is 0 Å². The van der Waals surface area contributed by atoms with Crippen LogP contribution in [0, 0.1) is 3.90 Å². The summed E-state index contributed by atoms with van der Waals surface area (Å²) in [6, 6.07) is 6.08. The monoisotopic (exact) mass is 338 g/mol. The third kappa shape index (κ3) is 2.65. The Morgan fingerprint density at radius 1 is 1.31 bits per heavy atom. The average molecular weight is 338 g/mol. The van der Waals surface area contributed by atoms with E-state index in [1.54, 1.807) is 12.1 Å². The lowest BCUT2D eigenvalue weighted by atomic mass is 10.2. The zero-order valence-electron chi connectivity index (χ0n) is 7.73. The molecule has 0 radical (unpaired) electrons. The number of nitrogens with zero attached hydrogens (tertiary/aromatic N) is 2. The normalized spacial score (nSPS) is 10.8. The molecule has 0 atom stereocenters. The fraction of sp³-hybridized carbons (Fsp3) is 0.111. The maximum Gasteiger partial charge on any atom is 0.387 e. The van der Waals surface area contributed by atoms with E-state index in [4.69, 9.17) is 4.42 Å². The Morgan fingerprint density at radius 2 is 2.12 bits per heavy atom. The van der Waals surface area contributed by atoms with E-state index in [1.165, 1.54) is 12.1 Å². The first-order valence-corrected chi connectivity index (χ1v) is 5.27. The molecule has 2 rings (SSSR count). The number of hydrogen-bond donors (Lipinski definition) is 0. The molecule has 7 heteroatoms. The van der Waals surface area contributed by atoms with Crippen molar-refractivity contribution in [2.24, 2.45) is 0 Å². The highest BCUT2D eigenvalue weighted by Crippen LogP contribution is 2.24. The van der Waals surface area contributed by atoms with Crippen LogP contribution in [0.3, 0.4) is 0 Å². The van der Waals surface area contributed by atoms with E-state index < -0.39 is 6.61 Å². The smallest absolute Gasteiger partial charge is 0.387 e. The van der Waals surface area contributed by atoms with Crippen molar-refractivity contribution in [3.8, 4) is 17.2 Å². The first-order chi connectivity index (χ1) is 7.65. The van der Waals surface area contributed by atoms with Crippen molar-refractivity contribution in [2.45, 2.75) is 6.61 Å². The zero-order valence-corrected chi connectivity index (χ0v) is 9.89. The molecule has 0 unspecified atom stereocenters. The van der Waals surface area contributed by atoms with Gasteiger partial charge in [0.2, 0.25) is 5.89 Å². The summed E-state index contributed by atoms with van der Waals surface area (Å²) < 4.78 is 33.8. The molecular weight excluding hydrogens is 333 g/mol. The Bertz CT molecular complexity index is 490. The lowest BCUT2D eigenvalue weighted by molar-refractivity contribution is -0.0498. The standard InChI is InChI=1S/C9H5F2IN2O2/c10-8(11)15-6-3-1-2-5(4-6)7-13-14-9(12)16-7/h1-4,8H. The van der Waals surface area contributed by atoms with Gasteiger partial charge in [-0.15, -0.1) is 10.2 Å². The number of halogens is 3. The van der Waals surface area contributed by atoms with Crippen molar-refractivity contribution < 1.29 is 17.9 Å². The van der Waals surface area contributed by atoms with Crippen LogP contribution in [0.25, 0.3) is 11.5 Å². The molecule has 4 nitrogen and oxygen atoms in total. The molecule has 0 aliphatic heterocycles. The third-order valence-electron chi connectivity index (χ3n) is 1.71. The molecule has 0 aliphatic carbocycles. The number of hydrogen-bond acceptors (Lipinski definition) is 4. The molecule has 84 valence electrons. The zero-order chi connectivity index (χ0) is 11.5. The Kier molecular flexibility index (Phi) is 3.32. The summed E-state index contributed by atoms with van der Waals surface area (Å²) in [7, 11) is 0. The van der Waals surface area contributed by atoms with Gasteiger partial charge >= 0.3 is 6.61 Å². The van der Waals surface area contributed by atoms with Gasteiger partial charge in [0.25, 0.3) is 3.90 Å². The second-order valence-corrected chi connectivity index (χ2v) is 3.69. The van der Waals surface area contributed by atoms with Gasteiger partial charge in [0.15, 0.2) is 0 Å². The molecule has 1 aromatic heterocycles. The van der Waals surface area contributed by atoms with Gasteiger partial charge < -0.3 is 9.15 Å². The summed E-state index contributed by atoms with van der Waals surface area (Å²) >= 11 is 1.86. The maximum absolute atomic E-state index is 12.0. The predicted octanol–water partition coefficient (Wildman–Crippen LogP) is 2.94. The number of ether oxygens (including phenoxy) is 1. The molecule has 2 aromatic rings. The summed E-state index contributed by atoms with van der Waals surface area (Å²) in [6.07, 6.45) is 0. The maximum atomic E-state index is 12.0. The van der Waals surface area contributed by atoms with E-state index in [0.717, 1.165) is 0 Å². The van der Waals surface area contributed by atoms with Crippen LogP contribution < -0.4 is 4.74 Å². The summed E-state index contributed by atoms with van der Waals surface area (Å²) in [4.78, 5) is 0. The summed E-state index contributed by atoms with van der Waals surface area (Å²) in [5, 5.41) is 7.40. The minimum Gasteiger partial charge on any atom is -0.435 e. The number of alkyl halides is 2. The SMILES string of the molecule is FC(F)Oc1cccc(-c2nnc(I)o2)c1. The van der Waals surface area contributed by atoms with Crippen LogP contribution in [-0.4, -0.2) is 16.8 Å². The van der Waals surface area contributed by atoms with Crippen LogP contribution in [0.1, 0.15) is 0 Å². The van der Waals surface area contributed by atoms with Crippen LogP contribution in [0.5, 0.6) is 5.75 Å². The first-order valence-electron chi connectivity index (χ1n) is 4.19. The van der Waals surface area contributed by atoms with Gasteiger partial charge in [-0.2, -0.15) is 8.78 Å². The Hall–Kier alpha value is -1.25. The fourth-order valence-corrected chi connectivity index (χ4v) is 1.44. The van der Waals surface area contributed by atoms with Crippen molar-refractivity contribution in [1.82, 2.24) is 10.2 Å². The van der Waals surface area contributed by atoms with E-state index in [1.807, 2.05) is 22.6 Å². The molecule has 0 amide bonds. The van der Waals surface area contributed by atoms with Gasteiger partial charge in [-0.1, -0.05) is 6.07 Å². The predicted molar refractivity (Wildman–Crippen MR) is 59.1 cm³/mol. The lowest BCUT2D eigenvalue weighted by Gasteiger charge is -2.04. The largest absolute Gasteiger partial charge is 0.435 e. The van der Waals surface area contributed by atoms with Crippen molar-refractivity contribution in [2.75, 3.05) is 0 Å². The molecule has 1 aromatic carbocycles. The number of benzene rings is 1. The minimum absolute atomic E-state index is 0.0562. The molecule has 0 fully saturated rings. The topological polar surface area (TPSA) is 48.2 Å². The molecule has 16 heavy (non-hydrogen) atoms. The molecule has 0 saturated carbocycles. The first kappa shape index (κ1) is 11.2. The second-order valence-electron chi connectivity index (χ2n) is 2.77. The Morgan fingerprint density at radius 3 is 2.75 bits per heavy atom. The van der Waals surface area contributed by atoms with Gasteiger partial charge in [0.05, 0.1) is 0 Å². The highest BCUT2D eigenvalue weighted by Gasteiger charge is 2.09. The second kappa shape index (κ2) is 4.73.